The molecule has 0 atom stereocenters. The second-order valence-corrected chi connectivity index (χ2v) is 10.4. The van der Waals surface area contributed by atoms with Gasteiger partial charge in [0.25, 0.3) is 5.91 Å². The number of hydrogen-bond acceptors (Lipinski definition) is 5. The van der Waals surface area contributed by atoms with E-state index in [1.54, 1.807) is 28.4 Å². The van der Waals surface area contributed by atoms with Gasteiger partial charge in [-0.1, -0.05) is 19.3 Å². The predicted molar refractivity (Wildman–Crippen MR) is 139 cm³/mol. The van der Waals surface area contributed by atoms with Crippen LogP contribution in [-0.2, 0) is 0 Å². The highest BCUT2D eigenvalue weighted by Crippen LogP contribution is 2.27. The molecular weight excluding hydrogens is 456 g/mol. The Morgan fingerprint density at radius 3 is 2.57 bits per heavy atom. The number of amides is 1. The first-order chi connectivity index (χ1) is 17.2. The molecule has 4 aromatic rings. The summed E-state index contributed by atoms with van der Waals surface area (Å²) in [6.07, 6.45) is 14.3. The van der Waals surface area contributed by atoms with Crippen LogP contribution in [0.15, 0.2) is 67.3 Å². The normalized spacial score (nSPS) is 14.5. The number of fused-ring (bicyclic) bond motifs is 1. The maximum Gasteiger partial charge on any atom is 0.253 e. The molecular formula is C28H30N4O2S. The van der Waals surface area contributed by atoms with Gasteiger partial charge in [-0.25, -0.2) is 4.68 Å². The molecule has 1 aromatic carbocycles. The molecule has 0 spiro atoms. The highest BCUT2D eigenvalue weighted by molar-refractivity contribution is 7.20. The van der Waals surface area contributed by atoms with Gasteiger partial charge in [-0.3, -0.25) is 14.6 Å². The van der Waals surface area contributed by atoms with Gasteiger partial charge in [0.2, 0.25) is 0 Å². The second-order valence-electron chi connectivity index (χ2n) is 9.28. The fourth-order valence-corrected chi connectivity index (χ4v) is 5.82. The molecule has 1 aliphatic rings. The first-order valence-electron chi connectivity index (χ1n) is 12.4. The number of pyridine rings is 1. The average Bonchev–Trinajstić information content (AvgIpc) is 3.59. The summed E-state index contributed by atoms with van der Waals surface area (Å²) in [6, 6.07) is 13.5. The molecule has 1 fully saturated rings. The summed E-state index contributed by atoms with van der Waals surface area (Å²) >= 11 is 1.54. The zero-order chi connectivity index (χ0) is 24.0. The summed E-state index contributed by atoms with van der Waals surface area (Å²) in [4.78, 5) is 32.4. The van der Waals surface area contributed by atoms with Crippen LogP contribution < -0.4 is 0 Å². The van der Waals surface area contributed by atoms with Gasteiger partial charge in [-0.05, 0) is 73.0 Å². The maximum absolute atomic E-state index is 12.9. The highest BCUT2D eigenvalue weighted by atomic mass is 32.1. The molecule has 0 N–H and O–H groups in total. The van der Waals surface area contributed by atoms with E-state index in [-0.39, 0.29) is 11.7 Å². The van der Waals surface area contributed by atoms with Crippen LogP contribution >= 0.6 is 11.3 Å². The Morgan fingerprint density at radius 1 is 1.00 bits per heavy atom. The van der Waals surface area contributed by atoms with Crippen molar-refractivity contribution in [3.05, 3.63) is 77.7 Å². The predicted octanol–water partition coefficient (Wildman–Crippen LogP) is 6.17. The Labute approximate surface area is 209 Å². The van der Waals surface area contributed by atoms with Crippen molar-refractivity contribution in [1.82, 2.24) is 19.7 Å². The first kappa shape index (κ1) is 23.4. The summed E-state index contributed by atoms with van der Waals surface area (Å²) < 4.78 is 2.86. The summed E-state index contributed by atoms with van der Waals surface area (Å²) in [7, 11) is 0. The third kappa shape index (κ3) is 5.68. The molecule has 1 amide bonds. The van der Waals surface area contributed by atoms with Gasteiger partial charge in [0.1, 0.15) is 0 Å². The Bertz CT molecular complexity index is 1240. The Kier molecular flexibility index (Phi) is 7.33. The van der Waals surface area contributed by atoms with Crippen molar-refractivity contribution in [2.24, 2.45) is 5.92 Å². The smallest absolute Gasteiger partial charge is 0.253 e. The van der Waals surface area contributed by atoms with Crippen molar-refractivity contribution in [2.45, 2.75) is 44.9 Å². The van der Waals surface area contributed by atoms with Gasteiger partial charge in [-0.2, -0.15) is 5.10 Å². The van der Waals surface area contributed by atoms with E-state index in [1.807, 2.05) is 59.8 Å². The number of Topliss-reactive ketones (excluding diaryl/α,β-unsaturated/α-hetero) is 1. The Balaban J connectivity index is 1.00. The third-order valence-electron chi connectivity index (χ3n) is 6.90. The van der Waals surface area contributed by atoms with Gasteiger partial charge in [0.15, 0.2) is 5.78 Å². The minimum absolute atomic E-state index is 0.117. The largest absolute Gasteiger partial charge is 0.339 e. The molecule has 0 unspecified atom stereocenters. The van der Waals surface area contributed by atoms with Crippen LogP contribution in [0.2, 0.25) is 0 Å². The number of hydrogen-bond donors (Lipinski definition) is 0. The van der Waals surface area contributed by atoms with Crippen LogP contribution in [-0.4, -0.2) is 44.4 Å². The third-order valence-corrected chi connectivity index (χ3v) is 8.03. The van der Waals surface area contributed by atoms with Crippen LogP contribution in [0.5, 0.6) is 0 Å². The minimum Gasteiger partial charge on any atom is -0.339 e. The SMILES string of the molecule is O=C(CCCCCC1CCN(C(=O)c2ccc(-n3cccn3)cc2)CC1)c1cc2ccncc2s1. The van der Waals surface area contributed by atoms with Crippen LogP contribution in [0, 0.1) is 5.92 Å². The molecule has 180 valence electrons. The van der Waals surface area contributed by atoms with Crippen molar-refractivity contribution < 1.29 is 9.59 Å². The van der Waals surface area contributed by atoms with Gasteiger partial charge < -0.3 is 4.90 Å². The maximum atomic E-state index is 12.9. The summed E-state index contributed by atoms with van der Waals surface area (Å²) in [5.41, 5.74) is 1.69. The van der Waals surface area contributed by atoms with Crippen molar-refractivity contribution in [3.63, 3.8) is 0 Å². The first-order valence-corrected chi connectivity index (χ1v) is 13.2. The lowest BCUT2D eigenvalue weighted by molar-refractivity contribution is 0.0685. The van der Waals surface area contributed by atoms with Crippen LogP contribution in [0.25, 0.3) is 15.8 Å². The van der Waals surface area contributed by atoms with E-state index in [4.69, 9.17) is 0 Å². The van der Waals surface area contributed by atoms with Gasteiger partial charge in [0.05, 0.1) is 15.3 Å². The number of carbonyl (C=O) groups is 2. The number of aromatic nitrogens is 3. The van der Waals surface area contributed by atoms with Crippen molar-refractivity contribution in [3.8, 4) is 5.69 Å². The Hall–Kier alpha value is -3.32. The van der Waals surface area contributed by atoms with E-state index < -0.39 is 0 Å². The summed E-state index contributed by atoms with van der Waals surface area (Å²) in [5.74, 6) is 1.04. The molecule has 0 bridgehead atoms. The molecule has 0 saturated carbocycles. The summed E-state index contributed by atoms with van der Waals surface area (Å²) in [6.45, 7) is 1.65. The quantitative estimate of drug-likeness (QED) is 0.210. The number of benzene rings is 1. The van der Waals surface area contributed by atoms with Crippen molar-refractivity contribution in [1.29, 1.82) is 0 Å². The fourth-order valence-electron chi connectivity index (χ4n) is 4.83. The zero-order valence-corrected chi connectivity index (χ0v) is 20.6. The molecule has 6 nitrogen and oxygen atoms in total. The fraction of sp³-hybridized carbons (Fsp3) is 0.357. The van der Waals surface area contributed by atoms with Gasteiger partial charge in [-0.15, -0.1) is 11.3 Å². The lowest BCUT2D eigenvalue weighted by Gasteiger charge is -2.32. The summed E-state index contributed by atoms with van der Waals surface area (Å²) in [5, 5.41) is 5.33. The highest BCUT2D eigenvalue weighted by Gasteiger charge is 2.23. The number of piperidine rings is 1. The molecule has 35 heavy (non-hydrogen) atoms. The van der Waals surface area contributed by atoms with E-state index in [2.05, 4.69) is 10.1 Å². The lowest BCUT2D eigenvalue weighted by Crippen LogP contribution is -2.38. The molecule has 4 heterocycles. The van der Waals surface area contributed by atoms with Crippen LogP contribution in [0.4, 0.5) is 0 Å². The number of carbonyl (C=O) groups excluding carboxylic acids is 2. The van der Waals surface area contributed by atoms with Gasteiger partial charge in [0, 0.05) is 49.9 Å². The number of thiophene rings is 1. The standard InChI is InChI=1S/C28H30N4O2S/c33-25(26-19-23-11-15-29-20-27(23)35-26)6-3-1-2-5-21-12-17-31(18-13-21)28(34)22-7-9-24(10-8-22)32-16-4-14-30-32/h4,7-11,14-16,19-21H,1-3,5-6,12-13,17-18H2. The molecule has 1 aliphatic heterocycles. The van der Waals surface area contributed by atoms with E-state index in [1.165, 1.54) is 6.42 Å². The number of ketones is 1. The van der Waals surface area contributed by atoms with Crippen LogP contribution in [0.3, 0.4) is 0 Å². The minimum atomic E-state index is 0.117. The molecule has 3 aromatic heterocycles. The topological polar surface area (TPSA) is 68.1 Å². The lowest BCUT2D eigenvalue weighted by atomic mass is 9.90. The van der Waals surface area contributed by atoms with Crippen molar-refractivity contribution in [2.75, 3.05) is 13.1 Å². The molecule has 0 aliphatic carbocycles. The molecule has 0 radical (unpaired) electrons. The van der Waals surface area contributed by atoms with Crippen molar-refractivity contribution >= 4 is 33.1 Å². The second kappa shape index (κ2) is 11.0. The molecule has 5 rings (SSSR count). The van der Waals surface area contributed by atoms with E-state index in [9.17, 15) is 9.59 Å². The Morgan fingerprint density at radius 2 is 1.83 bits per heavy atom. The van der Waals surface area contributed by atoms with Gasteiger partial charge >= 0.3 is 0 Å². The van der Waals surface area contributed by atoms with Crippen LogP contribution in [0.1, 0.15) is 65.0 Å². The average molecular weight is 487 g/mol. The zero-order valence-electron chi connectivity index (χ0n) is 19.8. The monoisotopic (exact) mass is 486 g/mol. The number of rotatable bonds is 9. The van der Waals surface area contributed by atoms with E-state index in [0.717, 1.165) is 71.4 Å². The molecule has 1 saturated heterocycles. The van der Waals surface area contributed by atoms with E-state index in [0.29, 0.717) is 12.3 Å². The molecule has 7 heteroatoms. The number of nitrogens with zero attached hydrogens (tertiary/aromatic N) is 4. The number of unbranched alkanes of at least 4 members (excludes halogenated alkanes) is 2. The van der Waals surface area contributed by atoms with E-state index >= 15 is 0 Å². The number of likely N-dealkylation sites (tertiary alicyclic amines) is 1.